The molecule has 0 heterocycles. The summed E-state index contributed by atoms with van der Waals surface area (Å²) in [5, 5.41) is 0. The van der Waals surface area contributed by atoms with E-state index in [1.807, 2.05) is 0 Å². The van der Waals surface area contributed by atoms with Gasteiger partial charge in [0.05, 0.1) is 0 Å². The molecule has 1 aromatic carbocycles. The average Bonchev–Trinajstić information content (AvgIpc) is 2.32. The van der Waals surface area contributed by atoms with Crippen LogP contribution in [0.3, 0.4) is 0 Å². The normalized spacial score (nSPS) is 14.9. The van der Waals surface area contributed by atoms with Crippen molar-refractivity contribution in [2.24, 2.45) is 5.73 Å². The molecule has 2 heteroatoms. The summed E-state index contributed by atoms with van der Waals surface area (Å²) >= 11 is 0. The van der Waals surface area contributed by atoms with Gasteiger partial charge in [-0.15, -0.1) is 0 Å². The topological polar surface area (TPSA) is 29.3 Å². The van der Waals surface area contributed by atoms with E-state index in [1.54, 1.807) is 0 Å². The SMILES string of the molecule is CCC(C)(CN)N(C)Cc1c(C)cc(C)cc1C. The molecule has 0 aliphatic carbocycles. The van der Waals surface area contributed by atoms with Crippen LogP contribution in [0.1, 0.15) is 42.5 Å². The zero-order valence-electron chi connectivity index (χ0n) is 12.8. The molecule has 102 valence electrons. The van der Waals surface area contributed by atoms with E-state index in [2.05, 4.69) is 58.7 Å². The van der Waals surface area contributed by atoms with E-state index in [0.717, 1.165) is 13.0 Å². The molecule has 1 unspecified atom stereocenters. The Labute approximate surface area is 112 Å². The van der Waals surface area contributed by atoms with Crippen molar-refractivity contribution in [3.63, 3.8) is 0 Å². The number of nitrogens with zero attached hydrogens (tertiary/aromatic N) is 1. The smallest absolute Gasteiger partial charge is 0.0301 e. The number of benzene rings is 1. The molecule has 2 N–H and O–H groups in total. The molecule has 0 fully saturated rings. The molecule has 0 bridgehead atoms. The maximum Gasteiger partial charge on any atom is 0.0301 e. The number of nitrogens with two attached hydrogens (primary N) is 1. The van der Waals surface area contributed by atoms with Crippen LogP contribution in [-0.4, -0.2) is 24.0 Å². The second-order valence-electron chi connectivity index (χ2n) is 5.79. The Morgan fingerprint density at radius 2 is 1.67 bits per heavy atom. The van der Waals surface area contributed by atoms with Crippen LogP contribution in [-0.2, 0) is 6.54 Å². The van der Waals surface area contributed by atoms with Gasteiger partial charge in [-0.1, -0.05) is 24.6 Å². The molecule has 0 radical (unpaired) electrons. The van der Waals surface area contributed by atoms with Crippen molar-refractivity contribution in [3.8, 4) is 0 Å². The Bertz CT molecular complexity index is 383. The molecule has 0 spiro atoms. The summed E-state index contributed by atoms with van der Waals surface area (Å²) in [6.45, 7) is 12.7. The van der Waals surface area contributed by atoms with Gasteiger partial charge in [-0.3, -0.25) is 4.90 Å². The standard InChI is InChI=1S/C16H28N2/c1-7-16(5,11-17)18(6)10-15-13(3)8-12(2)9-14(15)4/h8-9H,7,10-11,17H2,1-6H3. The molecule has 0 amide bonds. The minimum atomic E-state index is 0.0871. The molecule has 2 nitrogen and oxygen atoms in total. The van der Waals surface area contributed by atoms with E-state index >= 15 is 0 Å². The number of aryl methyl sites for hydroxylation is 3. The van der Waals surface area contributed by atoms with Gasteiger partial charge in [-0.2, -0.15) is 0 Å². The second-order valence-corrected chi connectivity index (χ2v) is 5.79. The highest BCUT2D eigenvalue weighted by Gasteiger charge is 2.26. The predicted molar refractivity (Wildman–Crippen MR) is 79.9 cm³/mol. The maximum absolute atomic E-state index is 5.93. The lowest BCUT2D eigenvalue weighted by Crippen LogP contribution is -2.48. The van der Waals surface area contributed by atoms with E-state index in [-0.39, 0.29) is 5.54 Å². The number of hydrogen-bond donors (Lipinski definition) is 1. The number of rotatable bonds is 5. The summed E-state index contributed by atoms with van der Waals surface area (Å²) < 4.78 is 0. The average molecular weight is 248 g/mol. The maximum atomic E-state index is 5.93. The van der Waals surface area contributed by atoms with E-state index in [0.29, 0.717) is 6.54 Å². The lowest BCUT2D eigenvalue weighted by atomic mass is 9.94. The monoisotopic (exact) mass is 248 g/mol. The van der Waals surface area contributed by atoms with Crippen molar-refractivity contribution < 1.29 is 0 Å². The van der Waals surface area contributed by atoms with Gasteiger partial charge in [0.2, 0.25) is 0 Å². The van der Waals surface area contributed by atoms with Gasteiger partial charge >= 0.3 is 0 Å². The molecule has 1 aromatic rings. The molecule has 1 rings (SSSR count). The minimum absolute atomic E-state index is 0.0871. The minimum Gasteiger partial charge on any atom is -0.329 e. The van der Waals surface area contributed by atoms with Gasteiger partial charge in [-0.25, -0.2) is 0 Å². The lowest BCUT2D eigenvalue weighted by molar-refractivity contribution is 0.131. The van der Waals surface area contributed by atoms with Crippen LogP contribution in [0.15, 0.2) is 12.1 Å². The Balaban J connectivity index is 2.98. The van der Waals surface area contributed by atoms with Crippen LogP contribution in [0.25, 0.3) is 0 Å². The van der Waals surface area contributed by atoms with E-state index in [4.69, 9.17) is 5.73 Å². The largest absolute Gasteiger partial charge is 0.329 e. The van der Waals surface area contributed by atoms with Crippen LogP contribution in [0.5, 0.6) is 0 Å². The van der Waals surface area contributed by atoms with Crippen molar-refractivity contribution in [1.82, 2.24) is 4.90 Å². The van der Waals surface area contributed by atoms with Gasteiger partial charge in [0, 0.05) is 18.6 Å². The summed E-state index contributed by atoms with van der Waals surface area (Å²) in [6, 6.07) is 4.53. The van der Waals surface area contributed by atoms with Gasteiger partial charge in [0.25, 0.3) is 0 Å². The van der Waals surface area contributed by atoms with Crippen LogP contribution in [0, 0.1) is 20.8 Å². The van der Waals surface area contributed by atoms with E-state index in [1.165, 1.54) is 22.3 Å². The molecular formula is C16H28N2. The fourth-order valence-electron chi connectivity index (χ4n) is 2.46. The third kappa shape index (κ3) is 3.12. The van der Waals surface area contributed by atoms with Crippen LogP contribution in [0.2, 0.25) is 0 Å². The third-order valence-electron chi connectivity index (χ3n) is 4.36. The first-order valence-electron chi connectivity index (χ1n) is 6.82. The van der Waals surface area contributed by atoms with Crippen molar-refractivity contribution in [2.45, 2.75) is 53.1 Å². The Morgan fingerprint density at radius 1 is 1.17 bits per heavy atom. The summed E-state index contributed by atoms with van der Waals surface area (Å²) in [5.74, 6) is 0. The Hall–Kier alpha value is -0.860. The molecular weight excluding hydrogens is 220 g/mol. The number of likely N-dealkylation sites (N-methyl/N-ethyl adjacent to an activating group) is 1. The van der Waals surface area contributed by atoms with E-state index < -0.39 is 0 Å². The molecule has 0 aliphatic rings. The fourth-order valence-corrected chi connectivity index (χ4v) is 2.46. The fraction of sp³-hybridized carbons (Fsp3) is 0.625. The summed E-state index contributed by atoms with van der Waals surface area (Å²) in [7, 11) is 2.18. The summed E-state index contributed by atoms with van der Waals surface area (Å²) in [6.07, 6.45) is 1.07. The second kappa shape index (κ2) is 5.85. The quantitative estimate of drug-likeness (QED) is 0.867. The van der Waals surface area contributed by atoms with Crippen molar-refractivity contribution >= 4 is 0 Å². The van der Waals surface area contributed by atoms with Crippen molar-refractivity contribution in [3.05, 3.63) is 34.4 Å². The zero-order valence-corrected chi connectivity index (χ0v) is 12.8. The molecule has 1 atom stereocenters. The summed E-state index contributed by atoms with van der Waals surface area (Å²) in [4.78, 5) is 2.39. The Morgan fingerprint density at radius 3 is 2.06 bits per heavy atom. The number of hydrogen-bond acceptors (Lipinski definition) is 2. The van der Waals surface area contributed by atoms with Gasteiger partial charge < -0.3 is 5.73 Å². The first-order valence-corrected chi connectivity index (χ1v) is 6.82. The van der Waals surface area contributed by atoms with Crippen molar-refractivity contribution in [2.75, 3.05) is 13.6 Å². The Kier molecular flexibility index (Phi) is 4.94. The molecule has 0 aromatic heterocycles. The highest BCUT2D eigenvalue weighted by molar-refractivity contribution is 5.37. The van der Waals surface area contributed by atoms with Crippen LogP contribution < -0.4 is 5.73 Å². The van der Waals surface area contributed by atoms with E-state index in [9.17, 15) is 0 Å². The molecule has 0 saturated carbocycles. The predicted octanol–water partition coefficient (Wildman–Crippen LogP) is 3.17. The molecule has 18 heavy (non-hydrogen) atoms. The molecule has 0 aliphatic heterocycles. The van der Waals surface area contributed by atoms with Crippen LogP contribution >= 0.6 is 0 Å². The van der Waals surface area contributed by atoms with Crippen LogP contribution in [0.4, 0.5) is 0 Å². The third-order valence-corrected chi connectivity index (χ3v) is 4.36. The lowest BCUT2D eigenvalue weighted by Gasteiger charge is -2.38. The zero-order chi connectivity index (χ0) is 13.9. The van der Waals surface area contributed by atoms with Gasteiger partial charge in [0.1, 0.15) is 0 Å². The summed E-state index contributed by atoms with van der Waals surface area (Å²) in [5.41, 5.74) is 11.6. The highest BCUT2D eigenvalue weighted by atomic mass is 15.2. The van der Waals surface area contributed by atoms with Gasteiger partial charge in [-0.05, 0) is 57.9 Å². The van der Waals surface area contributed by atoms with Gasteiger partial charge in [0.15, 0.2) is 0 Å². The first kappa shape index (κ1) is 15.2. The highest BCUT2D eigenvalue weighted by Crippen LogP contribution is 2.23. The first-order chi connectivity index (χ1) is 8.34. The van der Waals surface area contributed by atoms with Crippen molar-refractivity contribution in [1.29, 1.82) is 0 Å². The molecule has 0 saturated heterocycles.